The van der Waals surface area contributed by atoms with Gasteiger partial charge < -0.3 is 0 Å². The van der Waals surface area contributed by atoms with E-state index in [-0.39, 0.29) is 0 Å². The molecule has 0 aliphatic heterocycles. The van der Waals surface area contributed by atoms with Gasteiger partial charge in [-0.15, -0.1) is 0 Å². The molecule has 0 spiro atoms. The molecule has 7 heteroatoms. The zero-order valence-electron chi connectivity index (χ0n) is 4.64. The average molecular weight is 167 g/mol. The van der Waals surface area contributed by atoms with Crippen LogP contribution in [-0.4, -0.2) is 9.71 Å². The first-order chi connectivity index (χ1) is 4.58. The molecule has 0 fully saturated rings. The quantitative estimate of drug-likeness (QED) is 0.449. The van der Waals surface area contributed by atoms with Crippen molar-refractivity contribution in [1.29, 1.82) is 0 Å². The van der Waals surface area contributed by atoms with E-state index in [1.165, 1.54) is 12.4 Å². The van der Waals surface area contributed by atoms with Crippen LogP contribution in [0.5, 0.6) is 0 Å². The Morgan fingerprint density at radius 3 is 2.50 bits per heavy atom. The Labute approximate surface area is 58.0 Å². The number of rotatable bonds is 2. The maximum absolute atomic E-state index is 9.84. The fraction of sp³-hybridized carbons (Fsp3) is 0. The standard InChI is InChI=1S/C3H3ClN2O4/c7-4(8,9)10-6-2-1-5-3-6/h1-3H. The normalized spacial score (nSPS) is 11.5. The van der Waals surface area contributed by atoms with Gasteiger partial charge >= 0.3 is 0 Å². The second-order valence-electron chi connectivity index (χ2n) is 1.37. The Kier molecular flexibility index (Phi) is 1.77. The molecule has 0 saturated carbocycles. The molecule has 0 saturated heterocycles. The van der Waals surface area contributed by atoms with Crippen LogP contribution in [0.2, 0.25) is 0 Å². The van der Waals surface area contributed by atoms with Gasteiger partial charge in [-0.2, -0.15) is 14.0 Å². The summed E-state index contributed by atoms with van der Waals surface area (Å²) in [6.07, 6.45) is 3.51. The second-order valence-corrected chi connectivity index (χ2v) is 2.26. The number of nitrogens with zero attached hydrogens (tertiary/aromatic N) is 2. The second kappa shape index (κ2) is 2.43. The lowest BCUT2D eigenvalue weighted by Gasteiger charge is -2.09. The molecule has 0 bridgehead atoms. The lowest BCUT2D eigenvalue weighted by molar-refractivity contribution is -1.92. The maximum atomic E-state index is 9.84. The van der Waals surface area contributed by atoms with Crippen LogP contribution in [0.4, 0.5) is 0 Å². The van der Waals surface area contributed by atoms with Gasteiger partial charge in [-0.05, 0) is 4.73 Å². The number of hydrogen-bond acceptors (Lipinski definition) is 5. The summed E-state index contributed by atoms with van der Waals surface area (Å²) in [4.78, 5) is 3.44. The molecule has 1 aromatic rings. The van der Waals surface area contributed by atoms with Crippen LogP contribution in [0, 0.1) is 10.2 Å². The minimum Gasteiger partial charge on any atom is -0.241 e. The Morgan fingerprint density at radius 1 is 1.40 bits per heavy atom. The minimum absolute atomic E-state index is 0.684. The van der Waals surface area contributed by atoms with Gasteiger partial charge in [0, 0.05) is 10.6 Å². The van der Waals surface area contributed by atoms with E-state index in [0.29, 0.717) is 4.73 Å². The van der Waals surface area contributed by atoms with Gasteiger partial charge in [-0.25, -0.2) is 4.98 Å². The Balaban J connectivity index is 2.57. The molecular weight excluding hydrogens is 163 g/mol. The first-order valence-electron chi connectivity index (χ1n) is 2.17. The molecule has 0 radical (unpaired) electrons. The van der Waals surface area contributed by atoms with Crippen LogP contribution in [0.25, 0.3) is 0 Å². The molecule has 6 nitrogen and oxygen atoms in total. The largest absolute Gasteiger partial charge is 0.241 e. The third kappa shape index (κ3) is 2.19. The van der Waals surface area contributed by atoms with Gasteiger partial charge in [-0.3, -0.25) is 0 Å². The molecule has 1 aromatic heterocycles. The topological polar surface area (TPSA) is 96.2 Å². The van der Waals surface area contributed by atoms with Gasteiger partial charge in [0.05, 0.1) is 6.20 Å². The third-order valence-electron chi connectivity index (χ3n) is 0.644. The maximum Gasteiger partial charge on any atom is 0.171 e. The molecule has 56 valence electrons. The smallest absolute Gasteiger partial charge is 0.171 e. The van der Waals surface area contributed by atoms with Crippen LogP contribution >= 0.6 is 0 Å². The molecule has 1 rings (SSSR count). The van der Waals surface area contributed by atoms with Crippen molar-refractivity contribution < 1.29 is 28.6 Å². The molecule has 0 atom stereocenters. The summed E-state index contributed by atoms with van der Waals surface area (Å²) in [6.45, 7) is 0. The minimum atomic E-state index is -4.42. The van der Waals surface area contributed by atoms with E-state index in [4.69, 9.17) is 0 Å². The van der Waals surface area contributed by atoms with Crippen molar-refractivity contribution in [3.05, 3.63) is 18.7 Å². The number of halogens is 1. The van der Waals surface area contributed by atoms with Crippen molar-refractivity contribution in [2.45, 2.75) is 0 Å². The molecule has 0 amide bonds. The summed E-state index contributed by atoms with van der Waals surface area (Å²) in [5.74, 6) is 0. The summed E-state index contributed by atoms with van der Waals surface area (Å²) < 4.78 is 34.0. The Morgan fingerprint density at radius 2 is 2.10 bits per heavy atom. The van der Waals surface area contributed by atoms with Gasteiger partial charge in [0.25, 0.3) is 0 Å². The van der Waals surface area contributed by atoms with Crippen LogP contribution in [0.15, 0.2) is 18.7 Å². The van der Waals surface area contributed by atoms with Gasteiger partial charge in [0.2, 0.25) is 0 Å². The van der Waals surface area contributed by atoms with E-state index < -0.39 is 10.2 Å². The molecule has 10 heavy (non-hydrogen) atoms. The van der Waals surface area contributed by atoms with Crippen molar-refractivity contribution in [3.8, 4) is 0 Å². The lowest BCUT2D eigenvalue weighted by Crippen LogP contribution is -2.65. The highest BCUT2D eigenvalue weighted by molar-refractivity contribution is 4.68. The highest BCUT2D eigenvalue weighted by Gasteiger charge is 2.18. The van der Waals surface area contributed by atoms with Crippen molar-refractivity contribution >= 4 is 0 Å². The molecule has 0 aromatic carbocycles. The van der Waals surface area contributed by atoms with Crippen LogP contribution in [-0.2, 0) is 0 Å². The number of imidazole rings is 1. The lowest BCUT2D eigenvalue weighted by atomic mass is 11.0. The van der Waals surface area contributed by atoms with Gasteiger partial charge in [0.1, 0.15) is 6.33 Å². The van der Waals surface area contributed by atoms with Gasteiger partial charge in [0.15, 0.2) is 10.2 Å². The summed E-state index contributed by atoms with van der Waals surface area (Å²) >= 11 is 0. The number of aromatic nitrogens is 2. The van der Waals surface area contributed by atoms with E-state index in [1.807, 2.05) is 0 Å². The highest BCUT2D eigenvalue weighted by atomic mass is 35.7. The summed E-state index contributed by atoms with van der Waals surface area (Å²) in [5.41, 5.74) is 0. The summed E-state index contributed by atoms with van der Waals surface area (Å²) in [7, 11) is -4.42. The zero-order chi connectivity index (χ0) is 7.61. The summed E-state index contributed by atoms with van der Waals surface area (Å²) in [5, 5.41) is 0. The fourth-order valence-corrected chi connectivity index (χ4v) is 0.662. The molecule has 0 aliphatic rings. The van der Waals surface area contributed by atoms with E-state index in [2.05, 4.69) is 9.37 Å². The van der Waals surface area contributed by atoms with E-state index >= 15 is 0 Å². The predicted octanol–water partition coefficient (Wildman–Crippen LogP) is -3.79. The highest BCUT2D eigenvalue weighted by Crippen LogP contribution is 1.85. The monoisotopic (exact) mass is 166 g/mol. The van der Waals surface area contributed by atoms with Crippen molar-refractivity contribution in [2.75, 3.05) is 0 Å². The third-order valence-corrected chi connectivity index (χ3v) is 0.973. The molecule has 0 aliphatic carbocycles. The fourth-order valence-electron chi connectivity index (χ4n) is 0.385. The van der Waals surface area contributed by atoms with Crippen LogP contribution in [0.3, 0.4) is 0 Å². The van der Waals surface area contributed by atoms with Crippen molar-refractivity contribution in [3.63, 3.8) is 0 Å². The SMILES string of the molecule is [O-][Cl+3]([O-])([O-])On1ccnc1. The van der Waals surface area contributed by atoms with Crippen molar-refractivity contribution in [2.24, 2.45) is 0 Å². The van der Waals surface area contributed by atoms with Crippen LogP contribution < -0.4 is 18.4 Å². The summed E-state index contributed by atoms with van der Waals surface area (Å²) in [6, 6.07) is 0. The first-order valence-corrected chi connectivity index (χ1v) is 3.40. The molecular formula is C3H3ClN2O4. The van der Waals surface area contributed by atoms with E-state index in [1.54, 1.807) is 0 Å². The van der Waals surface area contributed by atoms with E-state index in [9.17, 15) is 14.0 Å². The zero-order valence-corrected chi connectivity index (χ0v) is 5.39. The van der Waals surface area contributed by atoms with Crippen LogP contribution in [0.1, 0.15) is 0 Å². The molecule has 1 heterocycles. The predicted molar refractivity (Wildman–Crippen MR) is 18.8 cm³/mol. The Hall–Kier alpha value is -0.820. The number of hydrogen-bond donors (Lipinski definition) is 0. The average Bonchev–Trinajstić information content (AvgIpc) is 2.12. The van der Waals surface area contributed by atoms with E-state index in [0.717, 1.165) is 6.33 Å². The van der Waals surface area contributed by atoms with Crippen molar-refractivity contribution in [1.82, 2.24) is 9.71 Å². The molecule has 0 unspecified atom stereocenters. The van der Waals surface area contributed by atoms with Gasteiger partial charge in [-0.1, -0.05) is 0 Å². The Bertz CT molecular complexity index is 193. The first kappa shape index (κ1) is 7.29. The molecule has 0 N–H and O–H groups in total.